The highest BCUT2D eigenvalue weighted by atomic mass is 32.2. The summed E-state index contributed by atoms with van der Waals surface area (Å²) in [5.41, 5.74) is 0. The molecule has 3 rings (SSSR count). The van der Waals surface area contributed by atoms with E-state index in [1.807, 2.05) is 0 Å². The summed E-state index contributed by atoms with van der Waals surface area (Å²) in [5, 5.41) is 3.96. The molecule has 2 aliphatic rings. The van der Waals surface area contributed by atoms with E-state index in [1.54, 1.807) is 7.11 Å². The first-order valence-electron chi connectivity index (χ1n) is 8.11. The second-order valence-electron chi connectivity index (χ2n) is 6.74. The summed E-state index contributed by atoms with van der Waals surface area (Å²) in [4.78, 5) is 6.47. The maximum Gasteiger partial charge on any atom is 0.279 e. The van der Waals surface area contributed by atoms with Gasteiger partial charge in [-0.2, -0.15) is 22.4 Å². The molecular formula is C14H25N5O4S. The van der Waals surface area contributed by atoms with Gasteiger partial charge in [-0.05, 0) is 24.7 Å². The lowest BCUT2D eigenvalue weighted by Gasteiger charge is -2.21. The van der Waals surface area contributed by atoms with Crippen LogP contribution in [-0.4, -0.2) is 68.1 Å². The van der Waals surface area contributed by atoms with Crippen molar-refractivity contribution < 1.29 is 17.7 Å². The number of nitrogens with one attached hydrogen (secondary N) is 1. The third-order valence-electron chi connectivity index (χ3n) is 4.59. The van der Waals surface area contributed by atoms with E-state index in [0.29, 0.717) is 43.2 Å². The molecule has 0 radical (unpaired) electrons. The Morgan fingerprint density at radius 2 is 2.12 bits per heavy atom. The van der Waals surface area contributed by atoms with Gasteiger partial charge in [-0.3, -0.25) is 4.90 Å². The average molecular weight is 359 g/mol. The minimum absolute atomic E-state index is 0.0738. The smallest absolute Gasteiger partial charge is 0.279 e. The van der Waals surface area contributed by atoms with Crippen LogP contribution in [0.2, 0.25) is 0 Å². The van der Waals surface area contributed by atoms with Crippen molar-refractivity contribution in [3.05, 3.63) is 11.7 Å². The first-order chi connectivity index (χ1) is 11.4. The average Bonchev–Trinajstić information content (AvgIpc) is 3.14. The molecule has 0 amide bonds. The van der Waals surface area contributed by atoms with Gasteiger partial charge in [-0.15, -0.1) is 0 Å². The van der Waals surface area contributed by atoms with Crippen molar-refractivity contribution in [2.75, 3.05) is 34.3 Å². The molecule has 136 valence electrons. The third-order valence-corrected chi connectivity index (χ3v) is 6.15. The van der Waals surface area contributed by atoms with Crippen LogP contribution in [-0.2, 0) is 28.1 Å². The van der Waals surface area contributed by atoms with E-state index in [1.165, 1.54) is 31.2 Å². The number of hydrogen-bond donors (Lipinski definition) is 1. The monoisotopic (exact) mass is 359 g/mol. The Hall–Kier alpha value is -1.07. The standard InChI is InChI=1S/C14H25N5O4S/c1-18(2)24(20,21)17-12-7-19(6-11(12)10-4-5-10)8-13-15-14(9-22-3)23-16-13/h10-12,17H,4-9H2,1-3H3/t11-,12+/m0/s1. The van der Waals surface area contributed by atoms with Crippen molar-refractivity contribution in [2.45, 2.75) is 32.0 Å². The summed E-state index contributed by atoms with van der Waals surface area (Å²) in [7, 11) is 1.23. The van der Waals surface area contributed by atoms with Crippen molar-refractivity contribution in [3.63, 3.8) is 0 Å². The largest absolute Gasteiger partial charge is 0.375 e. The highest BCUT2D eigenvalue weighted by Crippen LogP contribution is 2.41. The van der Waals surface area contributed by atoms with Gasteiger partial charge in [0.05, 0.1) is 6.54 Å². The Labute approximate surface area is 142 Å². The molecule has 1 N–H and O–H groups in total. The van der Waals surface area contributed by atoms with Crippen molar-refractivity contribution >= 4 is 10.2 Å². The molecule has 1 saturated heterocycles. The van der Waals surface area contributed by atoms with E-state index in [9.17, 15) is 8.42 Å². The van der Waals surface area contributed by atoms with E-state index in [4.69, 9.17) is 9.26 Å². The summed E-state index contributed by atoms with van der Waals surface area (Å²) in [6.45, 7) is 2.35. The zero-order valence-corrected chi connectivity index (χ0v) is 15.1. The van der Waals surface area contributed by atoms with Crippen molar-refractivity contribution in [3.8, 4) is 0 Å². The molecule has 1 aromatic rings. The van der Waals surface area contributed by atoms with Crippen LogP contribution < -0.4 is 4.72 Å². The van der Waals surface area contributed by atoms with E-state index in [-0.39, 0.29) is 6.04 Å². The zero-order valence-electron chi connectivity index (χ0n) is 14.3. The molecule has 10 heteroatoms. The molecule has 2 fully saturated rings. The minimum Gasteiger partial charge on any atom is -0.375 e. The predicted molar refractivity (Wildman–Crippen MR) is 86.0 cm³/mol. The molecule has 0 bridgehead atoms. The lowest BCUT2D eigenvalue weighted by Crippen LogP contribution is -2.46. The number of methoxy groups -OCH3 is 1. The SMILES string of the molecule is COCc1nc(CN2C[C@@H](NS(=O)(=O)N(C)C)[C@H](C3CC3)C2)no1. The van der Waals surface area contributed by atoms with Gasteiger partial charge >= 0.3 is 0 Å². The van der Waals surface area contributed by atoms with Crippen LogP contribution in [0.15, 0.2) is 4.52 Å². The minimum atomic E-state index is -3.43. The highest BCUT2D eigenvalue weighted by molar-refractivity contribution is 7.87. The molecule has 0 spiro atoms. The van der Waals surface area contributed by atoms with Crippen LogP contribution in [0.25, 0.3) is 0 Å². The Kier molecular flexibility index (Phi) is 5.21. The van der Waals surface area contributed by atoms with E-state index >= 15 is 0 Å². The lowest BCUT2D eigenvalue weighted by molar-refractivity contribution is 0.151. The topological polar surface area (TPSA) is 101 Å². The first kappa shape index (κ1) is 17.7. The van der Waals surface area contributed by atoms with Crippen molar-refractivity contribution in [2.24, 2.45) is 11.8 Å². The normalized spacial score (nSPS) is 25.7. The number of likely N-dealkylation sites (tertiary alicyclic amines) is 1. The molecule has 1 aliphatic carbocycles. The lowest BCUT2D eigenvalue weighted by atomic mass is 9.99. The zero-order chi connectivity index (χ0) is 17.3. The molecule has 0 unspecified atom stereocenters. The molecule has 1 aromatic heterocycles. The van der Waals surface area contributed by atoms with Crippen molar-refractivity contribution in [1.82, 2.24) is 24.1 Å². The number of hydrogen-bond acceptors (Lipinski definition) is 7. The predicted octanol–water partition coefficient (Wildman–Crippen LogP) is -0.178. The van der Waals surface area contributed by atoms with E-state index in [2.05, 4.69) is 19.8 Å². The van der Waals surface area contributed by atoms with Gasteiger partial charge in [0, 0.05) is 40.3 Å². The molecule has 2 atom stereocenters. The Morgan fingerprint density at radius 3 is 2.75 bits per heavy atom. The third kappa shape index (κ3) is 4.12. The van der Waals surface area contributed by atoms with Gasteiger partial charge in [0.1, 0.15) is 6.61 Å². The fourth-order valence-corrected chi connectivity index (χ4v) is 4.05. The molecule has 1 aliphatic heterocycles. The Morgan fingerprint density at radius 1 is 1.38 bits per heavy atom. The summed E-state index contributed by atoms with van der Waals surface area (Å²) in [5.74, 6) is 2.01. The number of aromatic nitrogens is 2. The van der Waals surface area contributed by atoms with Crippen LogP contribution >= 0.6 is 0 Å². The quantitative estimate of drug-likeness (QED) is 0.687. The molecule has 2 heterocycles. The van der Waals surface area contributed by atoms with E-state index < -0.39 is 10.2 Å². The first-order valence-corrected chi connectivity index (χ1v) is 9.55. The molecule has 24 heavy (non-hydrogen) atoms. The maximum absolute atomic E-state index is 12.2. The number of ether oxygens (including phenoxy) is 1. The highest BCUT2D eigenvalue weighted by Gasteiger charge is 2.44. The van der Waals surface area contributed by atoms with Crippen LogP contribution in [0.3, 0.4) is 0 Å². The van der Waals surface area contributed by atoms with Crippen LogP contribution in [0.1, 0.15) is 24.6 Å². The number of nitrogens with zero attached hydrogens (tertiary/aromatic N) is 4. The van der Waals surface area contributed by atoms with Gasteiger partial charge in [-0.25, -0.2) is 0 Å². The summed E-state index contributed by atoms with van der Waals surface area (Å²) in [6, 6.07) is -0.0738. The fourth-order valence-electron chi connectivity index (χ4n) is 3.20. The van der Waals surface area contributed by atoms with Gasteiger partial charge < -0.3 is 9.26 Å². The van der Waals surface area contributed by atoms with Crippen LogP contribution in [0.4, 0.5) is 0 Å². The summed E-state index contributed by atoms with van der Waals surface area (Å²) in [6.07, 6.45) is 2.36. The van der Waals surface area contributed by atoms with Gasteiger partial charge in [0.2, 0.25) is 0 Å². The maximum atomic E-state index is 12.2. The Bertz CT molecular complexity index is 658. The molecular weight excluding hydrogens is 334 g/mol. The number of rotatable bonds is 8. The van der Waals surface area contributed by atoms with Gasteiger partial charge in [-0.1, -0.05) is 5.16 Å². The summed E-state index contributed by atoms with van der Waals surface area (Å²) < 4.78 is 38.5. The second kappa shape index (κ2) is 7.04. The van der Waals surface area contributed by atoms with Gasteiger partial charge in [0.25, 0.3) is 16.1 Å². The van der Waals surface area contributed by atoms with Gasteiger partial charge in [0.15, 0.2) is 5.82 Å². The molecule has 1 saturated carbocycles. The molecule has 0 aromatic carbocycles. The van der Waals surface area contributed by atoms with E-state index in [0.717, 1.165) is 6.54 Å². The Balaban J connectivity index is 1.64. The second-order valence-corrected chi connectivity index (χ2v) is 8.66. The van der Waals surface area contributed by atoms with Crippen LogP contribution in [0, 0.1) is 11.8 Å². The fraction of sp³-hybridized carbons (Fsp3) is 0.857. The van der Waals surface area contributed by atoms with Crippen LogP contribution in [0.5, 0.6) is 0 Å². The molecule has 9 nitrogen and oxygen atoms in total. The summed E-state index contributed by atoms with van der Waals surface area (Å²) >= 11 is 0. The van der Waals surface area contributed by atoms with Crippen molar-refractivity contribution in [1.29, 1.82) is 0 Å².